The zero-order valence-corrected chi connectivity index (χ0v) is 23.2. The summed E-state index contributed by atoms with van der Waals surface area (Å²) in [5, 5.41) is 14.1. The monoisotopic (exact) mass is 546 g/mol. The Kier molecular flexibility index (Phi) is 11.3. The lowest BCUT2D eigenvalue weighted by atomic mass is 10.0. The number of nitrogens with one attached hydrogen (secondary N) is 4. The number of sulfonamides is 1. The second-order valence-corrected chi connectivity index (χ2v) is 11.6. The molecule has 2 amide bonds. The summed E-state index contributed by atoms with van der Waals surface area (Å²) in [4.78, 5) is 12.6. The number of carbonyl (C=O) groups is 1. The molecule has 1 aromatic carbocycles. The SMILES string of the molecule is Cc1nn(C)c(C)c1NC(=O)N[C@H](CNCCCCNS(=O)(=O)c1ccc(Cl)cc1Cl)CC(C)C. The summed E-state index contributed by atoms with van der Waals surface area (Å²) in [6, 6.07) is 3.99. The van der Waals surface area contributed by atoms with Gasteiger partial charge in [0.2, 0.25) is 10.0 Å². The van der Waals surface area contributed by atoms with E-state index >= 15 is 0 Å². The molecule has 0 spiro atoms. The Bertz CT molecular complexity index is 1100. The molecule has 0 aliphatic heterocycles. The van der Waals surface area contributed by atoms with Crippen molar-refractivity contribution in [3.63, 3.8) is 0 Å². The van der Waals surface area contributed by atoms with Crippen LogP contribution in [0, 0.1) is 19.8 Å². The van der Waals surface area contributed by atoms with Gasteiger partial charge in [-0.3, -0.25) is 4.68 Å². The summed E-state index contributed by atoms with van der Waals surface area (Å²) in [6.45, 7) is 9.60. The zero-order chi connectivity index (χ0) is 26.2. The maximum Gasteiger partial charge on any atom is 0.319 e. The summed E-state index contributed by atoms with van der Waals surface area (Å²) in [5.41, 5.74) is 2.39. The molecule has 1 atom stereocenters. The van der Waals surface area contributed by atoms with E-state index in [9.17, 15) is 13.2 Å². The minimum absolute atomic E-state index is 0.0132. The van der Waals surface area contributed by atoms with Gasteiger partial charge in [0.25, 0.3) is 0 Å². The number of aryl methyl sites for hydroxylation is 2. The van der Waals surface area contributed by atoms with Crippen LogP contribution in [0.2, 0.25) is 10.0 Å². The minimum atomic E-state index is -3.69. The number of nitrogens with zero attached hydrogens (tertiary/aromatic N) is 2. The van der Waals surface area contributed by atoms with Crippen LogP contribution in [0.4, 0.5) is 10.5 Å². The first kappa shape index (κ1) is 29.4. The molecule has 9 nitrogen and oxygen atoms in total. The molecule has 0 bridgehead atoms. The Morgan fingerprint density at radius 1 is 1.14 bits per heavy atom. The van der Waals surface area contributed by atoms with Crippen LogP contribution >= 0.6 is 23.2 Å². The Morgan fingerprint density at radius 2 is 1.83 bits per heavy atom. The molecule has 196 valence electrons. The fourth-order valence-corrected chi connectivity index (χ4v) is 5.53. The van der Waals surface area contributed by atoms with Crippen molar-refractivity contribution in [2.24, 2.45) is 13.0 Å². The number of hydrogen-bond donors (Lipinski definition) is 4. The quantitative estimate of drug-likeness (QED) is 0.280. The topological polar surface area (TPSA) is 117 Å². The van der Waals surface area contributed by atoms with Crippen molar-refractivity contribution in [1.82, 2.24) is 25.1 Å². The van der Waals surface area contributed by atoms with E-state index in [1.165, 1.54) is 18.2 Å². The van der Waals surface area contributed by atoms with Gasteiger partial charge in [-0.05, 0) is 63.8 Å². The normalized spacial score (nSPS) is 12.7. The molecule has 0 saturated carbocycles. The van der Waals surface area contributed by atoms with Gasteiger partial charge in [0.1, 0.15) is 4.90 Å². The van der Waals surface area contributed by atoms with Crippen LogP contribution < -0.4 is 20.7 Å². The molecular weight excluding hydrogens is 511 g/mol. The van der Waals surface area contributed by atoms with Crippen molar-refractivity contribution >= 4 is 44.9 Å². The largest absolute Gasteiger partial charge is 0.334 e. The average molecular weight is 548 g/mol. The van der Waals surface area contributed by atoms with Crippen LogP contribution in [0.3, 0.4) is 0 Å². The zero-order valence-electron chi connectivity index (χ0n) is 20.9. The van der Waals surface area contributed by atoms with Crippen LogP contribution in [-0.4, -0.2) is 49.9 Å². The van der Waals surface area contributed by atoms with Crippen molar-refractivity contribution in [3.05, 3.63) is 39.6 Å². The Hall–Kier alpha value is -1.85. The predicted molar refractivity (Wildman–Crippen MR) is 142 cm³/mol. The summed E-state index contributed by atoms with van der Waals surface area (Å²) in [7, 11) is -1.85. The van der Waals surface area contributed by atoms with Gasteiger partial charge in [-0.2, -0.15) is 5.10 Å². The van der Waals surface area contributed by atoms with Crippen molar-refractivity contribution in [2.75, 3.05) is 25.0 Å². The molecule has 2 aromatic rings. The summed E-state index contributed by atoms with van der Waals surface area (Å²) >= 11 is 11.8. The second kappa shape index (κ2) is 13.5. The maximum absolute atomic E-state index is 12.6. The molecule has 0 radical (unpaired) electrons. The van der Waals surface area contributed by atoms with Crippen molar-refractivity contribution < 1.29 is 13.2 Å². The van der Waals surface area contributed by atoms with Gasteiger partial charge in [0, 0.05) is 31.2 Å². The van der Waals surface area contributed by atoms with Gasteiger partial charge < -0.3 is 16.0 Å². The molecule has 0 unspecified atom stereocenters. The fourth-order valence-electron chi connectivity index (χ4n) is 3.68. The molecule has 4 N–H and O–H groups in total. The maximum atomic E-state index is 12.6. The predicted octanol–water partition coefficient (Wildman–Crippen LogP) is 4.23. The first-order valence-corrected chi connectivity index (χ1v) is 13.9. The van der Waals surface area contributed by atoms with Crippen LogP contribution in [0.15, 0.2) is 23.1 Å². The molecule has 0 saturated heterocycles. The van der Waals surface area contributed by atoms with Crippen LogP contribution in [0.5, 0.6) is 0 Å². The molecule has 1 heterocycles. The molecule has 0 aliphatic carbocycles. The van der Waals surface area contributed by atoms with E-state index in [1.54, 1.807) is 4.68 Å². The fraction of sp³-hybridized carbons (Fsp3) is 0.565. The number of benzene rings is 1. The van der Waals surface area contributed by atoms with Gasteiger partial charge in [-0.25, -0.2) is 17.9 Å². The molecule has 0 fully saturated rings. The third-order valence-electron chi connectivity index (χ3n) is 5.49. The minimum Gasteiger partial charge on any atom is -0.334 e. The molecule has 12 heteroatoms. The van der Waals surface area contributed by atoms with E-state index in [-0.39, 0.29) is 22.0 Å². The highest BCUT2D eigenvalue weighted by atomic mass is 35.5. The number of unbranched alkanes of at least 4 members (excludes halogenated alkanes) is 1. The lowest BCUT2D eigenvalue weighted by molar-refractivity contribution is 0.245. The Labute approximate surface area is 218 Å². The standard InChI is InChI=1S/C23H36Cl2N6O3S/c1-15(2)12-19(28-23(32)29-22-16(3)30-31(5)17(22)4)14-26-10-6-7-11-27-35(33,34)21-9-8-18(24)13-20(21)25/h8-9,13,15,19,26-27H,6-7,10-12,14H2,1-5H3,(H2,28,29,32)/t19-/m0/s1. The molecule has 35 heavy (non-hydrogen) atoms. The van der Waals surface area contributed by atoms with Crippen LogP contribution in [-0.2, 0) is 17.1 Å². The van der Waals surface area contributed by atoms with Crippen molar-refractivity contribution in [1.29, 1.82) is 0 Å². The van der Waals surface area contributed by atoms with Gasteiger partial charge in [-0.1, -0.05) is 37.0 Å². The second-order valence-electron chi connectivity index (χ2n) is 8.98. The van der Waals surface area contributed by atoms with Gasteiger partial charge in [0.05, 0.1) is 22.1 Å². The van der Waals surface area contributed by atoms with Crippen molar-refractivity contribution in [3.8, 4) is 0 Å². The summed E-state index contributed by atoms with van der Waals surface area (Å²) < 4.78 is 29.1. The third kappa shape index (κ3) is 9.27. The number of anilines is 1. The Morgan fingerprint density at radius 3 is 2.43 bits per heavy atom. The van der Waals surface area contributed by atoms with Gasteiger partial charge in [-0.15, -0.1) is 0 Å². The summed E-state index contributed by atoms with van der Waals surface area (Å²) in [6.07, 6.45) is 2.25. The molecule has 1 aromatic heterocycles. The third-order valence-corrected chi connectivity index (χ3v) is 7.66. The molecule has 2 rings (SSSR count). The van der Waals surface area contributed by atoms with Gasteiger partial charge >= 0.3 is 6.03 Å². The molecular formula is C23H36Cl2N6O3S. The number of aromatic nitrogens is 2. The summed E-state index contributed by atoms with van der Waals surface area (Å²) in [5.74, 6) is 0.415. The highest BCUT2D eigenvalue weighted by Gasteiger charge is 2.18. The number of urea groups is 1. The van der Waals surface area contributed by atoms with E-state index in [0.29, 0.717) is 37.0 Å². The first-order valence-electron chi connectivity index (χ1n) is 11.6. The van der Waals surface area contributed by atoms with Gasteiger partial charge in [0.15, 0.2) is 0 Å². The molecule has 0 aliphatic rings. The lowest BCUT2D eigenvalue weighted by Gasteiger charge is -2.21. The van der Waals surface area contributed by atoms with E-state index in [1.807, 2.05) is 20.9 Å². The van der Waals surface area contributed by atoms with E-state index in [0.717, 1.165) is 29.9 Å². The number of halogens is 2. The van der Waals surface area contributed by atoms with E-state index < -0.39 is 10.0 Å². The smallest absolute Gasteiger partial charge is 0.319 e. The van der Waals surface area contributed by atoms with Crippen LogP contribution in [0.25, 0.3) is 0 Å². The Balaban J connectivity index is 1.74. The highest BCUT2D eigenvalue weighted by Crippen LogP contribution is 2.24. The first-order chi connectivity index (χ1) is 16.4. The number of amides is 2. The van der Waals surface area contributed by atoms with E-state index in [2.05, 4.69) is 39.6 Å². The number of rotatable bonds is 13. The average Bonchev–Trinajstić information content (AvgIpc) is 2.98. The van der Waals surface area contributed by atoms with Crippen molar-refractivity contribution in [2.45, 2.75) is 57.9 Å². The number of hydrogen-bond acceptors (Lipinski definition) is 5. The van der Waals surface area contributed by atoms with E-state index in [4.69, 9.17) is 23.2 Å². The lowest BCUT2D eigenvalue weighted by Crippen LogP contribution is -2.45. The number of carbonyl (C=O) groups excluding carboxylic acids is 1. The highest BCUT2D eigenvalue weighted by molar-refractivity contribution is 7.89. The van der Waals surface area contributed by atoms with Crippen LogP contribution in [0.1, 0.15) is 44.5 Å².